The first-order chi connectivity index (χ1) is 8.27. The molecule has 0 radical (unpaired) electrons. The van der Waals surface area contributed by atoms with Crippen molar-refractivity contribution in [3.63, 3.8) is 0 Å². The van der Waals surface area contributed by atoms with Gasteiger partial charge in [-0.15, -0.1) is 0 Å². The van der Waals surface area contributed by atoms with E-state index in [-0.39, 0.29) is 0 Å². The molecule has 0 amide bonds. The zero-order chi connectivity index (χ0) is 12.5. The molecule has 1 N–H and O–H groups in total. The molecular weight excluding hydrogens is 210 g/mol. The second-order valence-corrected chi connectivity index (χ2v) is 4.51. The van der Waals surface area contributed by atoms with E-state index in [0.29, 0.717) is 6.04 Å². The highest BCUT2D eigenvalue weighted by molar-refractivity contribution is 5.28. The number of hydrogen-bond donors (Lipinski definition) is 1. The topological polar surface area (TPSA) is 21.3 Å². The van der Waals surface area contributed by atoms with Gasteiger partial charge in [-0.1, -0.05) is 38.3 Å². The van der Waals surface area contributed by atoms with Gasteiger partial charge in [-0.3, -0.25) is 0 Å². The summed E-state index contributed by atoms with van der Waals surface area (Å²) in [5.74, 6) is 0.920. The molecular formula is C15H25NO. The van der Waals surface area contributed by atoms with Gasteiger partial charge in [0.2, 0.25) is 0 Å². The molecule has 0 aliphatic carbocycles. The fourth-order valence-corrected chi connectivity index (χ4v) is 1.88. The van der Waals surface area contributed by atoms with Crippen LogP contribution in [0.2, 0.25) is 0 Å². The van der Waals surface area contributed by atoms with Crippen molar-refractivity contribution in [2.45, 2.75) is 45.6 Å². The third-order valence-electron chi connectivity index (χ3n) is 3.10. The molecule has 0 bridgehead atoms. The molecule has 0 aliphatic heterocycles. The molecule has 1 atom stereocenters. The fourth-order valence-electron chi connectivity index (χ4n) is 1.88. The Morgan fingerprint density at radius 1 is 1.12 bits per heavy atom. The van der Waals surface area contributed by atoms with E-state index in [1.165, 1.54) is 31.2 Å². The van der Waals surface area contributed by atoms with Crippen LogP contribution in [0.4, 0.5) is 0 Å². The Bertz CT molecular complexity index is 294. The maximum Gasteiger partial charge on any atom is 0.118 e. The molecule has 17 heavy (non-hydrogen) atoms. The average molecular weight is 235 g/mol. The number of benzene rings is 1. The smallest absolute Gasteiger partial charge is 0.118 e. The Morgan fingerprint density at radius 3 is 2.41 bits per heavy atom. The first-order valence-corrected chi connectivity index (χ1v) is 6.65. The lowest BCUT2D eigenvalue weighted by molar-refractivity contribution is 0.414. The van der Waals surface area contributed by atoms with Crippen LogP contribution in [-0.2, 0) is 0 Å². The monoisotopic (exact) mass is 235 g/mol. The van der Waals surface area contributed by atoms with E-state index in [4.69, 9.17) is 4.74 Å². The molecule has 1 unspecified atom stereocenters. The summed E-state index contributed by atoms with van der Waals surface area (Å²) in [6, 6.07) is 8.71. The van der Waals surface area contributed by atoms with E-state index in [2.05, 4.69) is 31.3 Å². The molecule has 1 aromatic carbocycles. The van der Waals surface area contributed by atoms with Crippen molar-refractivity contribution in [2.24, 2.45) is 0 Å². The lowest BCUT2D eigenvalue weighted by Crippen LogP contribution is -2.19. The first kappa shape index (κ1) is 14.0. The number of rotatable bonds is 8. The predicted octanol–water partition coefficient (Wildman–Crippen LogP) is 3.93. The molecule has 0 saturated carbocycles. The second kappa shape index (κ2) is 8.13. The van der Waals surface area contributed by atoms with Crippen LogP contribution in [0.5, 0.6) is 5.75 Å². The summed E-state index contributed by atoms with van der Waals surface area (Å²) in [4.78, 5) is 0. The lowest BCUT2D eigenvalue weighted by Gasteiger charge is -2.14. The van der Waals surface area contributed by atoms with Gasteiger partial charge in [-0.05, 0) is 37.6 Å². The molecule has 0 saturated heterocycles. The minimum absolute atomic E-state index is 0.419. The molecule has 0 heterocycles. The summed E-state index contributed by atoms with van der Waals surface area (Å²) < 4.78 is 5.15. The van der Waals surface area contributed by atoms with Crippen molar-refractivity contribution in [2.75, 3.05) is 13.7 Å². The quantitative estimate of drug-likeness (QED) is 0.689. The maximum atomic E-state index is 5.15. The highest BCUT2D eigenvalue weighted by atomic mass is 16.5. The van der Waals surface area contributed by atoms with Crippen LogP contribution in [0.3, 0.4) is 0 Å². The SMILES string of the molecule is CCCCCCNC(C)c1ccc(OC)cc1. The minimum atomic E-state index is 0.419. The normalized spacial score (nSPS) is 12.4. The van der Waals surface area contributed by atoms with E-state index in [0.717, 1.165) is 12.3 Å². The number of methoxy groups -OCH3 is 1. The van der Waals surface area contributed by atoms with Crippen molar-refractivity contribution < 1.29 is 4.74 Å². The van der Waals surface area contributed by atoms with Gasteiger partial charge in [0.15, 0.2) is 0 Å². The summed E-state index contributed by atoms with van der Waals surface area (Å²) in [6.45, 7) is 5.56. The van der Waals surface area contributed by atoms with Gasteiger partial charge in [0.25, 0.3) is 0 Å². The van der Waals surface area contributed by atoms with Gasteiger partial charge < -0.3 is 10.1 Å². The number of hydrogen-bond acceptors (Lipinski definition) is 2. The largest absolute Gasteiger partial charge is 0.497 e. The molecule has 1 aromatic rings. The van der Waals surface area contributed by atoms with Crippen molar-refractivity contribution >= 4 is 0 Å². The Labute approximate surface area is 105 Å². The standard InChI is InChI=1S/C15H25NO/c1-4-5-6-7-12-16-13(2)14-8-10-15(17-3)11-9-14/h8-11,13,16H,4-7,12H2,1-3H3. The second-order valence-electron chi connectivity index (χ2n) is 4.51. The van der Waals surface area contributed by atoms with Crippen LogP contribution in [0.25, 0.3) is 0 Å². The summed E-state index contributed by atoms with van der Waals surface area (Å²) in [6.07, 6.45) is 5.25. The first-order valence-electron chi connectivity index (χ1n) is 6.65. The highest BCUT2D eigenvalue weighted by Crippen LogP contribution is 2.17. The summed E-state index contributed by atoms with van der Waals surface area (Å²) in [5, 5.41) is 3.55. The van der Waals surface area contributed by atoms with Crippen LogP contribution < -0.4 is 10.1 Å². The lowest BCUT2D eigenvalue weighted by atomic mass is 10.1. The minimum Gasteiger partial charge on any atom is -0.497 e. The van der Waals surface area contributed by atoms with Crippen LogP contribution in [0, 0.1) is 0 Å². The van der Waals surface area contributed by atoms with E-state index in [1.807, 2.05) is 12.1 Å². The Morgan fingerprint density at radius 2 is 1.82 bits per heavy atom. The van der Waals surface area contributed by atoms with E-state index in [9.17, 15) is 0 Å². The van der Waals surface area contributed by atoms with Gasteiger partial charge in [0.1, 0.15) is 5.75 Å². The van der Waals surface area contributed by atoms with Gasteiger partial charge in [0, 0.05) is 6.04 Å². The van der Waals surface area contributed by atoms with E-state index in [1.54, 1.807) is 7.11 Å². The summed E-state index contributed by atoms with van der Waals surface area (Å²) in [7, 11) is 1.70. The number of unbranched alkanes of at least 4 members (excludes halogenated alkanes) is 3. The van der Waals surface area contributed by atoms with Gasteiger partial charge >= 0.3 is 0 Å². The van der Waals surface area contributed by atoms with Crippen molar-refractivity contribution in [1.29, 1.82) is 0 Å². The molecule has 2 heteroatoms. The highest BCUT2D eigenvalue weighted by Gasteiger charge is 2.03. The zero-order valence-corrected chi connectivity index (χ0v) is 11.3. The third kappa shape index (κ3) is 5.22. The molecule has 96 valence electrons. The van der Waals surface area contributed by atoms with Crippen molar-refractivity contribution in [1.82, 2.24) is 5.32 Å². The molecule has 1 rings (SSSR count). The van der Waals surface area contributed by atoms with E-state index < -0.39 is 0 Å². The number of ether oxygens (including phenoxy) is 1. The van der Waals surface area contributed by atoms with E-state index >= 15 is 0 Å². The van der Waals surface area contributed by atoms with Crippen LogP contribution >= 0.6 is 0 Å². The van der Waals surface area contributed by atoms with Crippen LogP contribution in [0.15, 0.2) is 24.3 Å². The van der Waals surface area contributed by atoms with Gasteiger partial charge in [-0.25, -0.2) is 0 Å². The summed E-state index contributed by atoms with van der Waals surface area (Å²) >= 11 is 0. The van der Waals surface area contributed by atoms with Crippen molar-refractivity contribution in [3.05, 3.63) is 29.8 Å². The fraction of sp³-hybridized carbons (Fsp3) is 0.600. The summed E-state index contributed by atoms with van der Waals surface area (Å²) in [5.41, 5.74) is 1.32. The average Bonchev–Trinajstić information content (AvgIpc) is 2.38. The van der Waals surface area contributed by atoms with Gasteiger partial charge in [0.05, 0.1) is 7.11 Å². The molecule has 0 aliphatic rings. The third-order valence-corrected chi connectivity index (χ3v) is 3.10. The van der Waals surface area contributed by atoms with Crippen molar-refractivity contribution in [3.8, 4) is 5.75 Å². The number of nitrogens with one attached hydrogen (secondary N) is 1. The Balaban J connectivity index is 2.28. The van der Waals surface area contributed by atoms with Gasteiger partial charge in [-0.2, -0.15) is 0 Å². The van der Waals surface area contributed by atoms with Crippen LogP contribution in [0.1, 0.15) is 51.1 Å². The molecule has 0 aromatic heterocycles. The maximum absolute atomic E-state index is 5.15. The molecule has 2 nitrogen and oxygen atoms in total. The predicted molar refractivity (Wildman–Crippen MR) is 73.6 cm³/mol. The Hall–Kier alpha value is -1.02. The Kier molecular flexibility index (Phi) is 6.71. The molecule has 0 fully saturated rings. The van der Waals surface area contributed by atoms with Crippen LogP contribution in [-0.4, -0.2) is 13.7 Å². The zero-order valence-electron chi connectivity index (χ0n) is 11.3. The molecule has 0 spiro atoms.